The maximum absolute atomic E-state index is 14.7. The molecular formula is C40H34Cl3N7O2. The van der Waals surface area contributed by atoms with Gasteiger partial charge in [0.05, 0.1) is 46.8 Å². The number of nitriles is 1. The first-order chi connectivity index (χ1) is 25.1. The number of rotatable bonds is 8. The monoisotopic (exact) mass is 749 g/mol. The molecule has 2 aromatic heterocycles. The van der Waals surface area contributed by atoms with Crippen molar-refractivity contribution in [2.45, 2.75) is 38.8 Å². The van der Waals surface area contributed by atoms with Gasteiger partial charge in [-0.15, -0.1) is 0 Å². The van der Waals surface area contributed by atoms with Gasteiger partial charge in [0, 0.05) is 63.2 Å². The Balaban J connectivity index is 1.36. The van der Waals surface area contributed by atoms with Crippen molar-refractivity contribution in [3.63, 3.8) is 0 Å². The van der Waals surface area contributed by atoms with Gasteiger partial charge in [-0.2, -0.15) is 5.26 Å². The molecule has 0 spiro atoms. The largest absolute Gasteiger partial charge is 0.370 e. The molecular weight excluding hydrogens is 717 g/mol. The SMILES string of the molecule is CC(=O)NC1CCN(c2ccc(C#N)cc2NC(=O)c2[nH]c3cc(Cl)ccc3c2-c2c(-c3ccccc3)ncn2C(C)c2ccc(Cl)cc2Cl)CC1. The molecule has 1 fully saturated rings. The highest BCUT2D eigenvalue weighted by atomic mass is 35.5. The van der Waals surface area contributed by atoms with Crippen molar-refractivity contribution >= 4 is 68.9 Å². The van der Waals surface area contributed by atoms with Gasteiger partial charge in [-0.1, -0.05) is 77.3 Å². The number of nitrogens with one attached hydrogen (secondary N) is 3. The molecule has 262 valence electrons. The minimum Gasteiger partial charge on any atom is -0.370 e. The Hall–Kier alpha value is -5.27. The third-order valence-electron chi connectivity index (χ3n) is 9.51. The molecule has 0 radical (unpaired) electrons. The topological polar surface area (TPSA) is 119 Å². The van der Waals surface area contributed by atoms with Gasteiger partial charge in [-0.05, 0) is 67.8 Å². The number of aromatic amines is 1. The molecule has 6 aromatic rings. The lowest BCUT2D eigenvalue weighted by molar-refractivity contribution is -0.119. The van der Waals surface area contributed by atoms with E-state index in [1.54, 1.807) is 42.7 Å². The zero-order valence-electron chi connectivity index (χ0n) is 28.4. The standard InChI is InChI=1S/C40H34Cl3N7O2/c1-23(30-11-9-27(41)19-32(30)43)50-22-45-37(26-6-4-3-5-7-26)39(50)36-31-12-10-28(42)20-33(31)47-38(36)40(52)48-34-18-25(21-44)8-13-35(34)49-16-14-29(15-17-49)46-24(2)51/h3-13,18-20,22-23,29,47H,14-17H2,1-2H3,(H,46,51)(H,48,52). The van der Waals surface area contributed by atoms with Crippen LogP contribution in [0.5, 0.6) is 0 Å². The van der Waals surface area contributed by atoms with Crippen LogP contribution in [0.3, 0.4) is 0 Å². The summed E-state index contributed by atoms with van der Waals surface area (Å²) in [5, 5.41) is 18.3. The molecule has 1 saturated heterocycles. The number of aromatic nitrogens is 3. The van der Waals surface area contributed by atoms with Crippen LogP contribution in [0.15, 0.2) is 91.3 Å². The van der Waals surface area contributed by atoms with Crippen LogP contribution in [0.1, 0.15) is 54.3 Å². The molecule has 9 nitrogen and oxygen atoms in total. The van der Waals surface area contributed by atoms with E-state index >= 15 is 0 Å². The number of nitrogens with zero attached hydrogens (tertiary/aromatic N) is 4. The fourth-order valence-corrected chi connectivity index (χ4v) is 7.74. The second-order valence-corrected chi connectivity index (χ2v) is 14.2. The van der Waals surface area contributed by atoms with E-state index in [4.69, 9.17) is 39.8 Å². The van der Waals surface area contributed by atoms with E-state index in [1.165, 1.54) is 6.92 Å². The van der Waals surface area contributed by atoms with Gasteiger partial charge in [-0.3, -0.25) is 9.59 Å². The predicted octanol–water partition coefficient (Wildman–Crippen LogP) is 9.50. The van der Waals surface area contributed by atoms with E-state index in [2.05, 4.69) is 26.6 Å². The van der Waals surface area contributed by atoms with Crippen molar-refractivity contribution in [3.8, 4) is 28.6 Å². The number of H-pyrrole nitrogens is 1. The minimum atomic E-state index is -0.407. The highest BCUT2D eigenvalue weighted by Gasteiger charge is 2.29. The maximum atomic E-state index is 14.7. The van der Waals surface area contributed by atoms with Crippen molar-refractivity contribution in [1.29, 1.82) is 5.26 Å². The molecule has 12 heteroatoms. The lowest BCUT2D eigenvalue weighted by atomic mass is 9.99. The van der Waals surface area contributed by atoms with Crippen LogP contribution < -0.4 is 15.5 Å². The van der Waals surface area contributed by atoms with Gasteiger partial charge in [0.25, 0.3) is 5.91 Å². The Bertz CT molecular complexity index is 2350. The zero-order chi connectivity index (χ0) is 36.5. The van der Waals surface area contributed by atoms with E-state index < -0.39 is 5.91 Å². The Labute approximate surface area is 316 Å². The first-order valence-electron chi connectivity index (χ1n) is 16.9. The fraction of sp³-hybridized carbons (Fsp3) is 0.200. The Kier molecular flexibility index (Phi) is 9.98. The smallest absolute Gasteiger partial charge is 0.272 e. The van der Waals surface area contributed by atoms with Crippen molar-refractivity contribution in [3.05, 3.63) is 123 Å². The highest BCUT2D eigenvalue weighted by Crippen LogP contribution is 2.42. The normalized spacial score (nSPS) is 13.9. The summed E-state index contributed by atoms with van der Waals surface area (Å²) in [5.74, 6) is -0.460. The number of hydrogen-bond donors (Lipinski definition) is 3. The molecule has 1 aliphatic rings. The molecule has 0 bridgehead atoms. The van der Waals surface area contributed by atoms with E-state index in [0.717, 1.165) is 35.0 Å². The maximum Gasteiger partial charge on any atom is 0.272 e. The third-order valence-corrected chi connectivity index (χ3v) is 10.3. The van der Waals surface area contributed by atoms with Crippen LogP contribution in [-0.4, -0.2) is 45.5 Å². The zero-order valence-corrected chi connectivity index (χ0v) is 30.7. The Morgan fingerprint density at radius 1 is 0.962 bits per heavy atom. The van der Waals surface area contributed by atoms with Crippen LogP contribution in [0, 0.1) is 11.3 Å². The minimum absolute atomic E-state index is 0.0531. The number of fused-ring (bicyclic) bond motifs is 1. The molecule has 0 aliphatic carbocycles. The van der Waals surface area contributed by atoms with Gasteiger partial charge in [-0.25, -0.2) is 4.98 Å². The summed E-state index contributed by atoms with van der Waals surface area (Å²) < 4.78 is 2.02. The molecule has 52 heavy (non-hydrogen) atoms. The van der Waals surface area contributed by atoms with E-state index in [-0.39, 0.29) is 18.0 Å². The summed E-state index contributed by atoms with van der Waals surface area (Å²) in [5.41, 5.74) is 6.38. The second-order valence-electron chi connectivity index (χ2n) is 12.9. The number of halogens is 3. The van der Waals surface area contributed by atoms with Gasteiger partial charge in [0.1, 0.15) is 5.69 Å². The van der Waals surface area contributed by atoms with Gasteiger partial charge in [0.2, 0.25) is 5.91 Å². The fourth-order valence-electron chi connectivity index (χ4n) is 7.00. The number of anilines is 2. The van der Waals surface area contributed by atoms with Gasteiger partial charge >= 0.3 is 0 Å². The van der Waals surface area contributed by atoms with Gasteiger partial charge < -0.3 is 25.1 Å². The van der Waals surface area contributed by atoms with Crippen molar-refractivity contribution in [1.82, 2.24) is 19.9 Å². The summed E-state index contributed by atoms with van der Waals surface area (Å²) >= 11 is 19.5. The summed E-state index contributed by atoms with van der Waals surface area (Å²) in [6.45, 7) is 4.88. The van der Waals surface area contributed by atoms with Gasteiger partial charge in [0.15, 0.2) is 0 Å². The van der Waals surface area contributed by atoms with Crippen LogP contribution in [0.4, 0.5) is 11.4 Å². The first-order valence-corrected chi connectivity index (χ1v) is 18.0. The first kappa shape index (κ1) is 35.1. The molecule has 1 aliphatic heterocycles. The third kappa shape index (κ3) is 6.98. The molecule has 1 unspecified atom stereocenters. The lowest BCUT2D eigenvalue weighted by Crippen LogP contribution is -2.44. The molecule has 2 amide bonds. The number of carbonyl (C=O) groups excluding carboxylic acids is 2. The molecule has 0 saturated carbocycles. The Morgan fingerprint density at radius 2 is 1.69 bits per heavy atom. The van der Waals surface area contributed by atoms with E-state index in [9.17, 15) is 14.9 Å². The molecule has 7 rings (SSSR count). The highest BCUT2D eigenvalue weighted by molar-refractivity contribution is 6.35. The second kappa shape index (κ2) is 14.8. The molecule has 1 atom stereocenters. The quantitative estimate of drug-likeness (QED) is 0.143. The van der Waals surface area contributed by atoms with E-state index in [1.807, 2.05) is 60.0 Å². The lowest BCUT2D eigenvalue weighted by Gasteiger charge is -2.35. The number of carbonyl (C=O) groups is 2. The summed E-state index contributed by atoms with van der Waals surface area (Å²) in [6.07, 6.45) is 3.27. The molecule has 3 N–H and O–H groups in total. The van der Waals surface area contributed by atoms with Crippen LogP contribution >= 0.6 is 34.8 Å². The number of benzene rings is 4. The number of amides is 2. The number of hydrogen-bond acceptors (Lipinski definition) is 5. The molecule has 4 aromatic carbocycles. The van der Waals surface area contributed by atoms with E-state index in [0.29, 0.717) is 67.6 Å². The molecule has 3 heterocycles. The van der Waals surface area contributed by atoms with Crippen molar-refractivity contribution < 1.29 is 9.59 Å². The average molecular weight is 751 g/mol. The summed E-state index contributed by atoms with van der Waals surface area (Å²) in [4.78, 5) is 36.8. The Morgan fingerprint density at radius 3 is 2.40 bits per heavy atom. The van der Waals surface area contributed by atoms with Crippen LogP contribution in [0.2, 0.25) is 15.1 Å². The van der Waals surface area contributed by atoms with Crippen molar-refractivity contribution in [2.75, 3.05) is 23.3 Å². The summed E-state index contributed by atoms with van der Waals surface area (Å²) in [6, 6.07) is 28.0. The number of imidazole rings is 1. The van der Waals surface area contributed by atoms with Crippen molar-refractivity contribution in [2.24, 2.45) is 0 Å². The predicted molar refractivity (Wildman–Crippen MR) is 208 cm³/mol. The number of piperidine rings is 1. The van der Waals surface area contributed by atoms with Crippen LogP contribution in [-0.2, 0) is 4.79 Å². The summed E-state index contributed by atoms with van der Waals surface area (Å²) in [7, 11) is 0. The van der Waals surface area contributed by atoms with Crippen LogP contribution in [0.25, 0.3) is 33.4 Å². The average Bonchev–Trinajstić information content (AvgIpc) is 3.73.